The number of hydrogen-bond acceptors (Lipinski definition) is 0. The third-order valence-electron chi connectivity index (χ3n) is 2.97. The zero-order valence-electron chi connectivity index (χ0n) is 8.91. The third-order valence-corrected chi connectivity index (χ3v) is 6.17. The van der Waals surface area contributed by atoms with Crippen LogP contribution in [-0.2, 0) is 0 Å². The fourth-order valence-corrected chi connectivity index (χ4v) is 3.05. The van der Waals surface area contributed by atoms with E-state index in [1.54, 1.807) is 0 Å². The van der Waals surface area contributed by atoms with Gasteiger partial charge in [-0.25, -0.2) is 0 Å². The van der Waals surface area contributed by atoms with Gasteiger partial charge in [-0.2, -0.15) is 0 Å². The summed E-state index contributed by atoms with van der Waals surface area (Å²) in [5.41, 5.74) is 1.69. The molecular weight excluding hydrogens is 148 g/mol. The van der Waals surface area contributed by atoms with E-state index >= 15 is 0 Å². The third kappa shape index (κ3) is 5.48. The van der Waals surface area contributed by atoms with Crippen molar-refractivity contribution in [2.45, 2.75) is 59.0 Å². The van der Waals surface area contributed by atoms with Crippen molar-refractivity contribution in [2.75, 3.05) is 0 Å². The molecule has 11 heavy (non-hydrogen) atoms. The van der Waals surface area contributed by atoms with Gasteiger partial charge in [0, 0.05) is 9.52 Å². The Labute approximate surface area is 74.6 Å². The zero-order valence-corrected chi connectivity index (χ0v) is 10.3. The summed E-state index contributed by atoms with van der Waals surface area (Å²) in [6.07, 6.45) is 2.74. The summed E-state index contributed by atoms with van der Waals surface area (Å²) >= 11 is 0. The Balaban J connectivity index is 3.52. The molecule has 0 aliphatic carbocycles. The van der Waals surface area contributed by atoms with Gasteiger partial charge in [-0.3, -0.25) is 0 Å². The first-order chi connectivity index (χ1) is 5.02. The molecule has 0 aromatic heterocycles. The summed E-state index contributed by atoms with van der Waals surface area (Å²) < 4.78 is 0. The molecule has 0 aromatic carbocycles. The molecule has 0 spiro atoms. The van der Waals surface area contributed by atoms with E-state index < -0.39 is 0 Å². The van der Waals surface area contributed by atoms with E-state index in [0.29, 0.717) is 5.41 Å². The Morgan fingerprint density at radius 2 is 1.82 bits per heavy atom. The quantitative estimate of drug-likeness (QED) is 0.559. The molecule has 0 saturated carbocycles. The first-order valence-corrected chi connectivity index (χ1v) is 6.83. The molecule has 1 heteroatoms. The second-order valence-corrected chi connectivity index (χ2v) is 7.04. The van der Waals surface area contributed by atoms with Crippen LogP contribution in [0.4, 0.5) is 0 Å². The Morgan fingerprint density at radius 1 is 1.27 bits per heavy atom. The van der Waals surface area contributed by atoms with Crippen LogP contribution >= 0.6 is 0 Å². The minimum Gasteiger partial charge on any atom is -0.0654 e. The normalized spacial score (nSPS) is 16.1. The van der Waals surface area contributed by atoms with Crippen molar-refractivity contribution in [3.63, 3.8) is 0 Å². The summed E-state index contributed by atoms with van der Waals surface area (Å²) in [6.45, 7) is 11.9. The second kappa shape index (κ2) is 4.97. The van der Waals surface area contributed by atoms with Gasteiger partial charge in [0.15, 0.2) is 0 Å². The van der Waals surface area contributed by atoms with Crippen molar-refractivity contribution in [3.8, 4) is 0 Å². The van der Waals surface area contributed by atoms with Crippen molar-refractivity contribution in [1.82, 2.24) is 0 Å². The van der Waals surface area contributed by atoms with Gasteiger partial charge in [-0.05, 0) is 5.41 Å². The van der Waals surface area contributed by atoms with Gasteiger partial charge in [0.05, 0.1) is 0 Å². The maximum absolute atomic E-state index is 2.41. The van der Waals surface area contributed by atoms with Gasteiger partial charge < -0.3 is 0 Å². The first-order valence-electron chi connectivity index (χ1n) is 5.02. The predicted molar refractivity (Wildman–Crippen MR) is 57.1 cm³/mol. The van der Waals surface area contributed by atoms with Crippen LogP contribution in [0.1, 0.15) is 47.5 Å². The monoisotopic (exact) mass is 172 g/mol. The SMILES string of the molecule is CCC(C)[SiH2]CC(C)(C)CC. The van der Waals surface area contributed by atoms with Gasteiger partial charge >= 0.3 is 0 Å². The van der Waals surface area contributed by atoms with Gasteiger partial charge in [-0.1, -0.05) is 59.0 Å². The Morgan fingerprint density at radius 3 is 2.18 bits per heavy atom. The molecule has 1 atom stereocenters. The van der Waals surface area contributed by atoms with Crippen LogP contribution < -0.4 is 0 Å². The first kappa shape index (κ1) is 11.2. The number of rotatable bonds is 5. The largest absolute Gasteiger partial charge is 0.0654 e. The molecular formula is C10H24Si. The fourth-order valence-electron chi connectivity index (χ4n) is 1.02. The second-order valence-electron chi connectivity index (χ2n) is 4.57. The summed E-state index contributed by atoms with van der Waals surface area (Å²) in [5, 5.41) is 0. The van der Waals surface area contributed by atoms with Crippen molar-refractivity contribution >= 4 is 9.52 Å². The number of hydrogen-bond donors (Lipinski definition) is 0. The molecule has 0 rings (SSSR count). The lowest BCUT2D eigenvalue weighted by molar-refractivity contribution is 0.394. The Hall–Kier alpha value is 0.217. The highest BCUT2D eigenvalue weighted by Gasteiger charge is 2.15. The molecule has 0 heterocycles. The van der Waals surface area contributed by atoms with E-state index in [1.165, 1.54) is 18.9 Å². The average Bonchev–Trinajstić information content (AvgIpc) is 2.00. The lowest BCUT2D eigenvalue weighted by atomic mass is 9.93. The highest BCUT2D eigenvalue weighted by atomic mass is 28.2. The molecule has 0 bridgehead atoms. The van der Waals surface area contributed by atoms with Crippen molar-refractivity contribution in [3.05, 3.63) is 0 Å². The van der Waals surface area contributed by atoms with E-state index in [0.717, 1.165) is 5.54 Å². The molecule has 0 nitrogen and oxygen atoms in total. The zero-order chi connectivity index (χ0) is 8.91. The van der Waals surface area contributed by atoms with Gasteiger partial charge in [0.25, 0.3) is 0 Å². The van der Waals surface area contributed by atoms with Crippen LogP contribution in [0.2, 0.25) is 11.6 Å². The van der Waals surface area contributed by atoms with E-state index in [1.807, 2.05) is 0 Å². The van der Waals surface area contributed by atoms with E-state index in [4.69, 9.17) is 0 Å². The lowest BCUT2D eigenvalue weighted by Crippen LogP contribution is -2.14. The van der Waals surface area contributed by atoms with Gasteiger partial charge in [0.1, 0.15) is 0 Å². The van der Waals surface area contributed by atoms with Gasteiger partial charge in [0.2, 0.25) is 0 Å². The summed E-state index contributed by atoms with van der Waals surface area (Å²) in [4.78, 5) is 0. The Kier molecular flexibility index (Phi) is 5.07. The molecule has 0 N–H and O–H groups in total. The van der Waals surface area contributed by atoms with E-state index in [2.05, 4.69) is 34.6 Å². The lowest BCUT2D eigenvalue weighted by Gasteiger charge is -2.23. The highest BCUT2D eigenvalue weighted by Crippen LogP contribution is 2.26. The van der Waals surface area contributed by atoms with Crippen molar-refractivity contribution < 1.29 is 0 Å². The fraction of sp³-hybridized carbons (Fsp3) is 1.00. The van der Waals surface area contributed by atoms with Crippen LogP contribution in [0.5, 0.6) is 0 Å². The molecule has 0 aliphatic rings. The summed E-state index contributed by atoms with van der Waals surface area (Å²) in [6, 6.07) is 1.53. The summed E-state index contributed by atoms with van der Waals surface area (Å²) in [5.74, 6) is 0. The Bertz CT molecular complexity index is 97.0. The highest BCUT2D eigenvalue weighted by molar-refractivity contribution is 6.37. The molecule has 0 aromatic rings. The predicted octanol–water partition coefficient (Wildman–Crippen LogP) is 3.23. The van der Waals surface area contributed by atoms with E-state index in [9.17, 15) is 0 Å². The van der Waals surface area contributed by atoms with Crippen molar-refractivity contribution in [2.24, 2.45) is 5.41 Å². The standard InChI is InChI=1S/C10H24Si/c1-6-9(3)11-8-10(4,5)7-2/h9H,6-8,11H2,1-5H3. The molecule has 0 fully saturated rings. The van der Waals surface area contributed by atoms with Crippen LogP contribution in [0.3, 0.4) is 0 Å². The average molecular weight is 172 g/mol. The molecule has 68 valence electrons. The molecule has 1 unspecified atom stereocenters. The minimum atomic E-state index is 0.221. The van der Waals surface area contributed by atoms with Crippen molar-refractivity contribution in [1.29, 1.82) is 0 Å². The van der Waals surface area contributed by atoms with Crippen LogP contribution in [0, 0.1) is 5.41 Å². The maximum Gasteiger partial charge on any atom is 0.0233 e. The van der Waals surface area contributed by atoms with Gasteiger partial charge in [-0.15, -0.1) is 0 Å². The smallest absolute Gasteiger partial charge is 0.0233 e. The molecule has 0 saturated heterocycles. The molecule has 0 radical (unpaired) electrons. The van der Waals surface area contributed by atoms with E-state index in [-0.39, 0.29) is 9.52 Å². The molecule has 0 amide bonds. The van der Waals surface area contributed by atoms with Crippen LogP contribution in [-0.4, -0.2) is 9.52 Å². The molecule has 0 aliphatic heterocycles. The van der Waals surface area contributed by atoms with Crippen LogP contribution in [0.15, 0.2) is 0 Å². The van der Waals surface area contributed by atoms with Crippen LogP contribution in [0.25, 0.3) is 0 Å². The summed E-state index contributed by atoms with van der Waals surface area (Å²) in [7, 11) is 0.221. The minimum absolute atomic E-state index is 0.221. The maximum atomic E-state index is 2.41. The topological polar surface area (TPSA) is 0 Å².